The maximum atomic E-state index is 12.2. The fourth-order valence-corrected chi connectivity index (χ4v) is 5.34. The molecule has 0 spiro atoms. The normalized spacial score (nSPS) is 10.9. The van der Waals surface area contributed by atoms with Crippen molar-refractivity contribution in [1.82, 2.24) is 9.97 Å². The summed E-state index contributed by atoms with van der Waals surface area (Å²) >= 11 is 4.92. The molecule has 1 amide bonds. The molecule has 7 aromatic rings. The van der Waals surface area contributed by atoms with E-state index in [-0.39, 0.29) is 5.91 Å². The quantitative estimate of drug-likeness (QED) is 0.197. The number of nitrogens with one attached hydrogen (secondary N) is 3. The van der Waals surface area contributed by atoms with Gasteiger partial charge in [-0.3, -0.25) is 4.79 Å². The predicted molar refractivity (Wildman–Crippen MR) is 160 cm³/mol. The molecule has 3 N–H and O–H groups in total. The summed E-state index contributed by atoms with van der Waals surface area (Å²) in [4.78, 5) is 18.6. The molecule has 3 aromatic heterocycles. The molecule has 0 saturated carbocycles. The van der Waals surface area contributed by atoms with Crippen molar-refractivity contribution in [3.05, 3.63) is 124 Å². The monoisotopic (exact) mass is 563 g/mol. The van der Waals surface area contributed by atoms with E-state index < -0.39 is 0 Å². The Morgan fingerprint density at radius 1 is 0.676 bits per heavy atom. The highest BCUT2D eigenvalue weighted by Gasteiger charge is 2.07. The minimum absolute atomic E-state index is 0.0773. The lowest BCUT2D eigenvalue weighted by molar-refractivity contribution is 0.102. The van der Waals surface area contributed by atoms with Gasteiger partial charge in [-0.2, -0.15) is 11.3 Å². The van der Waals surface area contributed by atoms with Gasteiger partial charge in [-0.05, 0) is 92.6 Å². The number of aromatic nitrogens is 2. The Morgan fingerprint density at radius 2 is 1.32 bits per heavy atom. The lowest BCUT2D eigenvalue weighted by Crippen LogP contribution is -2.10. The number of anilines is 1. The van der Waals surface area contributed by atoms with Gasteiger partial charge in [-0.15, -0.1) is 0 Å². The van der Waals surface area contributed by atoms with Crippen LogP contribution in [0.1, 0.15) is 10.4 Å². The van der Waals surface area contributed by atoms with E-state index in [1.165, 1.54) is 38.8 Å². The second-order valence-corrected chi connectivity index (χ2v) is 10.4. The standard InChI is InChI=1S/C23H16N2OS.C8H6BrN/c26-23(20-8-10-27-14-20)25-21-6-5-17-11-16(3-4-18(17)12-21)19-2-1-15-7-9-24-22(15)13-19;9-7-2-1-6-3-4-10-8(6)5-7/h1-14,24H,(H,25,26);1-5,10H. The second-order valence-electron chi connectivity index (χ2n) is 8.73. The summed E-state index contributed by atoms with van der Waals surface area (Å²) in [6.07, 6.45) is 3.90. The number of hydrogen-bond acceptors (Lipinski definition) is 2. The third-order valence-corrected chi connectivity index (χ3v) is 7.46. The van der Waals surface area contributed by atoms with Crippen LogP contribution >= 0.6 is 27.3 Å². The molecule has 180 valence electrons. The Morgan fingerprint density at radius 3 is 2.08 bits per heavy atom. The molecular formula is C31H22BrN3OS. The zero-order chi connectivity index (χ0) is 25.2. The minimum atomic E-state index is -0.0773. The number of hydrogen-bond donors (Lipinski definition) is 3. The van der Waals surface area contributed by atoms with Crippen LogP contribution in [-0.4, -0.2) is 15.9 Å². The highest BCUT2D eigenvalue weighted by Crippen LogP contribution is 2.28. The fraction of sp³-hybridized carbons (Fsp3) is 0. The van der Waals surface area contributed by atoms with Gasteiger partial charge >= 0.3 is 0 Å². The largest absolute Gasteiger partial charge is 0.361 e. The van der Waals surface area contributed by atoms with Gasteiger partial charge in [0.1, 0.15) is 0 Å². The van der Waals surface area contributed by atoms with E-state index in [1.54, 1.807) is 0 Å². The summed E-state index contributed by atoms with van der Waals surface area (Å²) in [5, 5.41) is 11.4. The molecule has 0 unspecified atom stereocenters. The van der Waals surface area contributed by atoms with Gasteiger partial charge in [0.15, 0.2) is 0 Å². The molecule has 0 aliphatic rings. The first-order chi connectivity index (χ1) is 18.1. The summed E-state index contributed by atoms with van der Waals surface area (Å²) in [7, 11) is 0. The molecular weight excluding hydrogens is 542 g/mol. The third kappa shape index (κ3) is 5.07. The summed E-state index contributed by atoms with van der Waals surface area (Å²) < 4.78 is 1.11. The van der Waals surface area contributed by atoms with E-state index in [1.807, 2.05) is 47.4 Å². The molecule has 0 fully saturated rings. The van der Waals surface area contributed by atoms with Crippen molar-refractivity contribution in [2.75, 3.05) is 5.32 Å². The minimum Gasteiger partial charge on any atom is -0.361 e. The topological polar surface area (TPSA) is 60.7 Å². The van der Waals surface area contributed by atoms with E-state index in [0.29, 0.717) is 5.56 Å². The molecule has 37 heavy (non-hydrogen) atoms. The number of halogens is 1. The average molecular weight is 565 g/mol. The number of carbonyl (C=O) groups is 1. The van der Waals surface area contributed by atoms with Crippen LogP contribution in [0.4, 0.5) is 5.69 Å². The van der Waals surface area contributed by atoms with Crippen LogP contribution in [0.3, 0.4) is 0 Å². The van der Waals surface area contributed by atoms with Gasteiger partial charge in [-0.1, -0.05) is 52.3 Å². The predicted octanol–water partition coefficient (Wildman–Crippen LogP) is 9.23. The van der Waals surface area contributed by atoms with E-state index in [0.717, 1.165) is 26.4 Å². The van der Waals surface area contributed by atoms with Crippen molar-refractivity contribution in [3.63, 3.8) is 0 Å². The summed E-state index contributed by atoms with van der Waals surface area (Å²) in [5.41, 5.74) is 6.17. The first kappa shape index (κ1) is 23.3. The molecule has 7 rings (SSSR count). The number of benzene rings is 4. The van der Waals surface area contributed by atoms with Gasteiger partial charge in [-0.25, -0.2) is 0 Å². The van der Waals surface area contributed by atoms with Crippen LogP contribution in [0.25, 0.3) is 43.7 Å². The fourth-order valence-electron chi connectivity index (χ4n) is 4.35. The van der Waals surface area contributed by atoms with Crippen molar-refractivity contribution < 1.29 is 4.79 Å². The summed E-state index contributed by atoms with van der Waals surface area (Å²) in [5.74, 6) is -0.0773. The Bertz CT molecular complexity index is 1850. The zero-order valence-electron chi connectivity index (χ0n) is 19.7. The van der Waals surface area contributed by atoms with Crippen LogP contribution in [0.15, 0.2) is 119 Å². The van der Waals surface area contributed by atoms with Gasteiger partial charge in [0, 0.05) is 39.0 Å². The number of aromatic amines is 2. The van der Waals surface area contributed by atoms with Crippen LogP contribution in [0.5, 0.6) is 0 Å². The van der Waals surface area contributed by atoms with Crippen LogP contribution in [0.2, 0.25) is 0 Å². The van der Waals surface area contributed by atoms with Crippen molar-refractivity contribution in [2.45, 2.75) is 0 Å². The first-order valence-corrected chi connectivity index (χ1v) is 13.5. The van der Waals surface area contributed by atoms with E-state index in [4.69, 9.17) is 0 Å². The molecule has 6 heteroatoms. The Hall–Kier alpha value is -4.13. The molecule has 4 aromatic carbocycles. The van der Waals surface area contributed by atoms with Gasteiger partial charge in [0.2, 0.25) is 0 Å². The molecule has 0 bridgehead atoms. The molecule has 0 radical (unpaired) electrons. The molecule has 3 heterocycles. The summed E-state index contributed by atoms with van der Waals surface area (Å²) in [6, 6.07) is 31.0. The van der Waals surface area contributed by atoms with Crippen molar-refractivity contribution in [1.29, 1.82) is 0 Å². The number of H-pyrrole nitrogens is 2. The Kier molecular flexibility index (Phi) is 6.35. The van der Waals surface area contributed by atoms with Crippen LogP contribution in [0, 0.1) is 0 Å². The number of carbonyl (C=O) groups excluding carboxylic acids is 1. The number of fused-ring (bicyclic) bond motifs is 3. The molecule has 0 atom stereocenters. The lowest BCUT2D eigenvalue weighted by atomic mass is 10.00. The molecule has 0 saturated heterocycles. The number of amides is 1. The SMILES string of the molecule is Brc1ccc2cc[nH]c2c1.O=C(Nc1ccc2cc(-c3ccc4cc[nH]c4c3)ccc2c1)c1ccsc1. The Balaban J connectivity index is 0.000000210. The average Bonchev–Trinajstić information content (AvgIpc) is 3.70. The maximum Gasteiger partial charge on any atom is 0.256 e. The van der Waals surface area contributed by atoms with Crippen LogP contribution in [-0.2, 0) is 0 Å². The smallest absolute Gasteiger partial charge is 0.256 e. The molecule has 4 nitrogen and oxygen atoms in total. The van der Waals surface area contributed by atoms with Crippen molar-refractivity contribution in [2.24, 2.45) is 0 Å². The maximum absolute atomic E-state index is 12.2. The van der Waals surface area contributed by atoms with Gasteiger partial charge in [0.25, 0.3) is 5.91 Å². The molecule has 0 aliphatic heterocycles. The van der Waals surface area contributed by atoms with E-state index >= 15 is 0 Å². The number of thiophene rings is 1. The highest BCUT2D eigenvalue weighted by molar-refractivity contribution is 9.10. The summed E-state index contributed by atoms with van der Waals surface area (Å²) in [6.45, 7) is 0. The lowest BCUT2D eigenvalue weighted by Gasteiger charge is -2.08. The van der Waals surface area contributed by atoms with Gasteiger partial charge < -0.3 is 15.3 Å². The number of rotatable bonds is 3. The third-order valence-electron chi connectivity index (χ3n) is 6.29. The van der Waals surface area contributed by atoms with Crippen molar-refractivity contribution in [3.8, 4) is 11.1 Å². The highest BCUT2D eigenvalue weighted by atomic mass is 79.9. The Labute approximate surface area is 226 Å². The van der Waals surface area contributed by atoms with Crippen LogP contribution < -0.4 is 5.32 Å². The van der Waals surface area contributed by atoms with Gasteiger partial charge in [0.05, 0.1) is 5.56 Å². The first-order valence-electron chi connectivity index (χ1n) is 11.8. The zero-order valence-corrected chi connectivity index (χ0v) is 22.1. The van der Waals surface area contributed by atoms with Crippen molar-refractivity contribution >= 4 is 71.4 Å². The molecule has 0 aliphatic carbocycles. The second kappa shape index (κ2) is 10.1. The van der Waals surface area contributed by atoms with E-state index in [2.05, 4.69) is 97.9 Å². The van der Waals surface area contributed by atoms with E-state index in [9.17, 15) is 4.79 Å².